The number of urea groups is 1. The third-order valence-corrected chi connectivity index (χ3v) is 6.53. The predicted octanol–water partition coefficient (Wildman–Crippen LogP) is 2.35. The van der Waals surface area contributed by atoms with E-state index in [2.05, 4.69) is 26.3 Å². The molecule has 2 aromatic carbocycles. The Kier molecular flexibility index (Phi) is 6.64. The zero-order chi connectivity index (χ0) is 24.3. The number of tetrazole rings is 1. The lowest BCUT2D eigenvalue weighted by Crippen LogP contribution is -2.49. The van der Waals surface area contributed by atoms with Crippen LogP contribution >= 0.6 is 11.8 Å². The molecule has 10 nitrogen and oxygen atoms in total. The van der Waals surface area contributed by atoms with Crippen LogP contribution in [0.5, 0.6) is 0 Å². The van der Waals surface area contributed by atoms with E-state index in [1.807, 2.05) is 62.4 Å². The van der Waals surface area contributed by atoms with Gasteiger partial charge in [-0.3, -0.25) is 15.0 Å². The van der Waals surface area contributed by atoms with Crippen molar-refractivity contribution in [2.45, 2.75) is 44.3 Å². The number of hydrogen-bond acceptors (Lipinski definition) is 7. The fourth-order valence-corrected chi connectivity index (χ4v) is 4.42. The summed E-state index contributed by atoms with van der Waals surface area (Å²) in [6, 6.07) is 14.9. The molecule has 0 spiro atoms. The Bertz CT molecular complexity index is 1230. The summed E-state index contributed by atoms with van der Waals surface area (Å²) in [6.45, 7) is 5.62. The minimum atomic E-state index is -1.10. The molecule has 1 aliphatic rings. The van der Waals surface area contributed by atoms with E-state index in [1.165, 1.54) is 0 Å². The number of aryl methyl sites for hydroxylation is 3. The zero-order valence-corrected chi connectivity index (χ0v) is 19.9. The molecule has 1 fully saturated rings. The van der Waals surface area contributed by atoms with Gasteiger partial charge in [0.1, 0.15) is 5.54 Å². The van der Waals surface area contributed by atoms with Gasteiger partial charge in [0, 0.05) is 0 Å². The summed E-state index contributed by atoms with van der Waals surface area (Å²) in [7, 11) is 0. The Labute approximate surface area is 201 Å². The van der Waals surface area contributed by atoms with E-state index in [0.29, 0.717) is 18.0 Å². The van der Waals surface area contributed by atoms with Crippen LogP contribution in [0, 0.1) is 13.8 Å². The van der Waals surface area contributed by atoms with E-state index in [0.717, 1.165) is 39.1 Å². The molecule has 0 unspecified atom stereocenters. The van der Waals surface area contributed by atoms with Gasteiger partial charge in [0.05, 0.1) is 11.4 Å². The first-order chi connectivity index (χ1) is 16.3. The molecule has 2 N–H and O–H groups in total. The van der Waals surface area contributed by atoms with Crippen LogP contribution in [0.2, 0.25) is 0 Å². The van der Waals surface area contributed by atoms with Gasteiger partial charge in [-0.2, -0.15) is 9.69 Å². The predicted molar refractivity (Wildman–Crippen MR) is 126 cm³/mol. The fourth-order valence-electron chi connectivity index (χ4n) is 3.74. The van der Waals surface area contributed by atoms with Crippen molar-refractivity contribution in [1.82, 2.24) is 36.0 Å². The van der Waals surface area contributed by atoms with Crippen molar-refractivity contribution in [2.24, 2.45) is 0 Å². The average molecular weight is 480 g/mol. The van der Waals surface area contributed by atoms with Crippen LogP contribution in [0.4, 0.5) is 4.79 Å². The Balaban J connectivity index is 1.36. The molecule has 1 aliphatic heterocycles. The maximum atomic E-state index is 12.9. The minimum Gasteiger partial charge on any atom is -0.322 e. The molecule has 0 radical (unpaired) electrons. The second-order valence-corrected chi connectivity index (χ2v) is 9.32. The lowest BCUT2D eigenvalue weighted by molar-refractivity contribution is -0.138. The number of aromatic nitrogens is 4. The largest absolute Gasteiger partial charge is 0.344 e. The summed E-state index contributed by atoms with van der Waals surface area (Å²) in [5, 5.41) is 15.6. The molecule has 2 heterocycles. The molecular formula is C23H25N7O3S. The Morgan fingerprint density at radius 1 is 1.15 bits per heavy atom. The summed E-state index contributed by atoms with van der Waals surface area (Å²) < 4.78 is 1.56. The minimum absolute atomic E-state index is 0.0803. The number of hydrogen-bond donors (Lipinski definition) is 2. The van der Waals surface area contributed by atoms with Gasteiger partial charge in [0.2, 0.25) is 11.1 Å². The molecule has 11 heteroatoms. The number of carbonyl (C=O) groups is 3. The normalized spacial score (nSPS) is 17.7. The summed E-state index contributed by atoms with van der Waals surface area (Å²) in [4.78, 5) is 37.9. The second-order valence-electron chi connectivity index (χ2n) is 8.38. The monoisotopic (exact) mass is 479 g/mol. The number of amides is 4. The van der Waals surface area contributed by atoms with Crippen LogP contribution in [0.25, 0.3) is 5.69 Å². The number of rotatable bonds is 8. The van der Waals surface area contributed by atoms with E-state index in [9.17, 15) is 14.4 Å². The highest BCUT2D eigenvalue weighted by molar-refractivity contribution is 7.99. The van der Waals surface area contributed by atoms with Crippen LogP contribution < -0.4 is 10.7 Å². The second kappa shape index (κ2) is 9.64. The lowest BCUT2D eigenvalue weighted by Gasteiger charge is -2.21. The molecule has 3 aromatic rings. The van der Waals surface area contributed by atoms with Crippen molar-refractivity contribution in [3.05, 3.63) is 65.2 Å². The standard InChI is InChI=1S/C23H25N7O3S/c1-15-9-10-18(16(2)13-15)29-22(25-27-28-29)34-14-19(31)26-30-20(32)23(3,24-21(30)33)12-11-17-7-5-4-6-8-17/h4-10,13H,11-12,14H2,1-3H3,(H,24,33)(H,26,31)/t23-/m1/s1. The Morgan fingerprint density at radius 2 is 1.91 bits per heavy atom. The number of thioether (sulfide) groups is 1. The molecule has 34 heavy (non-hydrogen) atoms. The summed E-state index contributed by atoms with van der Waals surface area (Å²) in [5.41, 5.74) is 5.29. The molecule has 0 aliphatic carbocycles. The third-order valence-electron chi connectivity index (χ3n) is 5.61. The van der Waals surface area contributed by atoms with Gasteiger partial charge in [0.15, 0.2) is 0 Å². The number of carbonyl (C=O) groups excluding carboxylic acids is 3. The highest BCUT2D eigenvalue weighted by Crippen LogP contribution is 2.24. The molecular weight excluding hydrogens is 454 g/mol. The number of nitrogens with one attached hydrogen (secondary N) is 2. The third kappa shape index (κ3) is 4.93. The molecule has 0 bridgehead atoms. The number of nitrogens with zero attached hydrogens (tertiary/aromatic N) is 5. The van der Waals surface area contributed by atoms with E-state index in [-0.39, 0.29) is 5.75 Å². The van der Waals surface area contributed by atoms with Gasteiger partial charge in [-0.15, -0.1) is 5.10 Å². The molecule has 176 valence electrons. The first kappa shape index (κ1) is 23.4. The van der Waals surface area contributed by atoms with Crippen LogP contribution in [0.3, 0.4) is 0 Å². The van der Waals surface area contributed by atoms with Crippen molar-refractivity contribution in [2.75, 3.05) is 5.75 Å². The Morgan fingerprint density at radius 3 is 2.65 bits per heavy atom. The van der Waals surface area contributed by atoms with Crippen molar-refractivity contribution < 1.29 is 14.4 Å². The molecule has 1 saturated heterocycles. The maximum Gasteiger partial charge on any atom is 0.344 e. The van der Waals surface area contributed by atoms with E-state index >= 15 is 0 Å². The van der Waals surface area contributed by atoms with Gasteiger partial charge in [-0.1, -0.05) is 59.8 Å². The topological polar surface area (TPSA) is 122 Å². The Hall–Kier alpha value is -3.73. The van der Waals surface area contributed by atoms with E-state index in [4.69, 9.17) is 0 Å². The zero-order valence-electron chi connectivity index (χ0n) is 19.1. The van der Waals surface area contributed by atoms with E-state index < -0.39 is 23.4 Å². The van der Waals surface area contributed by atoms with Gasteiger partial charge < -0.3 is 5.32 Å². The number of imide groups is 1. The van der Waals surface area contributed by atoms with Gasteiger partial charge >= 0.3 is 6.03 Å². The van der Waals surface area contributed by atoms with Crippen LogP contribution in [-0.4, -0.2) is 54.4 Å². The molecule has 0 saturated carbocycles. The SMILES string of the molecule is Cc1ccc(-n2nnnc2SCC(=O)NN2C(=O)N[C@](C)(CCc3ccccc3)C2=O)c(C)c1. The molecule has 1 aromatic heterocycles. The van der Waals surface area contributed by atoms with Crippen molar-refractivity contribution in [1.29, 1.82) is 0 Å². The van der Waals surface area contributed by atoms with Crippen LogP contribution in [0.1, 0.15) is 30.0 Å². The van der Waals surface area contributed by atoms with Crippen LogP contribution in [0.15, 0.2) is 53.7 Å². The van der Waals surface area contributed by atoms with Gasteiger partial charge in [-0.25, -0.2) is 4.79 Å². The van der Waals surface area contributed by atoms with Crippen molar-refractivity contribution >= 4 is 29.6 Å². The van der Waals surface area contributed by atoms with Crippen LogP contribution in [-0.2, 0) is 16.0 Å². The summed E-state index contributed by atoms with van der Waals surface area (Å²) in [5.74, 6) is -1.09. The highest BCUT2D eigenvalue weighted by Gasteiger charge is 2.48. The summed E-state index contributed by atoms with van der Waals surface area (Å²) >= 11 is 1.11. The summed E-state index contributed by atoms with van der Waals surface area (Å²) in [6.07, 6.45) is 1.02. The highest BCUT2D eigenvalue weighted by atomic mass is 32.2. The molecule has 4 amide bonds. The van der Waals surface area contributed by atoms with Gasteiger partial charge in [0.25, 0.3) is 5.91 Å². The number of benzene rings is 2. The first-order valence-corrected chi connectivity index (χ1v) is 11.7. The maximum absolute atomic E-state index is 12.9. The lowest BCUT2D eigenvalue weighted by atomic mass is 9.93. The quantitative estimate of drug-likeness (QED) is 0.376. The van der Waals surface area contributed by atoms with Gasteiger partial charge in [-0.05, 0) is 61.2 Å². The fraction of sp³-hybridized carbons (Fsp3) is 0.304. The first-order valence-electron chi connectivity index (χ1n) is 10.8. The van der Waals surface area contributed by atoms with Crippen molar-refractivity contribution in [3.8, 4) is 5.69 Å². The molecule has 1 atom stereocenters. The molecule has 4 rings (SSSR count). The van der Waals surface area contributed by atoms with E-state index in [1.54, 1.807) is 11.6 Å². The average Bonchev–Trinajstić information content (AvgIpc) is 3.35. The number of hydrazine groups is 1. The van der Waals surface area contributed by atoms with Crippen molar-refractivity contribution in [3.63, 3.8) is 0 Å². The smallest absolute Gasteiger partial charge is 0.322 e.